The fraction of sp³-hybridized carbons (Fsp3) is 0.263. The molecule has 0 aliphatic heterocycles. The average molecular weight is 397 g/mol. The Balaban J connectivity index is 1.76. The van der Waals surface area contributed by atoms with Crippen LogP contribution < -0.4 is 5.32 Å². The number of anilines is 1. The van der Waals surface area contributed by atoms with Gasteiger partial charge in [0.15, 0.2) is 6.61 Å². The quantitative estimate of drug-likeness (QED) is 0.572. The van der Waals surface area contributed by atoms with E-state index in [9.17, 15) is 22.8 Å². The summed E-state index contributed by atoms with van der Waals surface area (Å²) in [6, 6.07) is 9.82. The Labute approximate surface area is 159 Å². The summed E-state index contributed by atoms with van der Waals surface area (Å²) in [6.45, 7) is 3.46. The number of hydrogen-bond acceptors (Lipinski definition) is 4. The predicted molar refractivity (Wildman–Crippen MR) is 97.7 cm³/mol. The van der Waals surface area contributed by atoms with E-state index < -0.39 is 30.2 Å². The van der Waals surface area contributed by atoms with Crippen molar-refractivity contribution in [2.45, 2.75) is 24.9 Å². The minimum atomic E-state index is -4.44. The van der Waals surface area contributed by atoms with Gasteiger partial charge in [0.05, 0.1) is 11.3 Å². The van der Waals surface area contributed by atoms with Crippen molar-refractivity contribution in [2.24, 2.45) is 0 Å². The summed E-state index contributed by atoms with van der Waals surface area (Å²) in [4.78, 5) is 24.4. The summed E-state index contributed by atoms with van der Waals surface area (Å²) < 4.78 is 42.3. The first kappa shape index (κ1) is 20.8. The molecule has 2 aromatic rings. The van der Waals surface area contributed by atoms with E-state index in [0.29, 0.717) is 0 Å². The first-order valence-electron chi connectivity index (χ1n) is 7.98. The Morgan fingerprint density at radius 3 is 2.30 bits per heavy atom. The van der Waals surface area contributed by atoms with Gasteiger partial charge < -0.3 is 10.1 Å². The molecule has 0 aliphatic carbocycles. The van der Waals surface area contributed by atoms with Gasteiger partial charge in [-0.2, -0.15) is 13.2 Å². The lowest BCUT2D eigenvalue weighted by atomic mass is 10.1. The molecule has 0 radical (unpaired) electrons. The van der Waals surface area contributed by atoms with E-state index in [4.69, 9.17) is 4.74 Å². The van der Waals surface area contributed by atoms with Crippen LogP contribution >= 0.6 is 11.8 Å². The fourth-order valence-corrected chi connectivity index (χ4v) is 2.87. The largest absolute Gasteiger partial charge is 0.455 e. The summed E-state index contributed by atoms with van der Waals surface area (Å²) in [5, 5.41) is 2.37. The Kier molecular flexibility index (Phi) is 6.90. The zero-order valence-electron chi connectivity index (χ0n) is 14.7. The smallest absolute Gasteiger partial charge is 0.416 e. The van der Waals surface area contributed by atoms with Gasteiger partial charge in [0, 0.05) is 10.6 Å². The van der Waals surface area contributed by atoms with Crippen LogP contribution in [0.2, 0.25) is 0 Å². The van der Waals surface area contributed by atoms with Gasteiger partial charge in [-0.3, -0.25) is 9.59 Å². The molecule has 4 nitrogen and oxygen atoms in total. The molecule has 1 amide bonds. The number of ether oxygens (including phenoxy) is 1. The van der Waals surface area contributed by atoms with Crippen molar-refractivity contribution in [3.8, 4) is 0 Å². The first-order chi connectivity index (χ1) is 12.6. The van der Waals surface area contributed by atoms with Gasteiger partial charge in [-0.1, -0.05) is 6.07 Å². The lowest BCUT2D eigenvalue weighted by Crippen LogP contribution is -2.21. The van der Waals surface area contributed by atoms with Gasteiger partial charge in [-0.05, 0) is 61.4 Å². The fourth-order valence-electron chi connectivity index (χ4n) is 2.07. The number of carbonyl (C=O) groups excluding carboxylic acids is 2. The van der Waals surface area contributed by atoms with Crippen molar-refractivity contribution >= 4 is 29.3 Å². The van der Waals surface area contributed by atoms with Crippen molar-refractivity contribution in [1.82, 2.24) is 0 Å². The Morgan fingerprint density at radius 2 is 1.70 bits per heavy atom. The lowest BCUT2D eigenvalue weighted by molar-refractivity contribution is -0.144. The van der Waals surface area contributed by atoms with Crippen molar-refractivity contribution in [1.29, 1.82) is 0 Å². The third-order valence-corrected chi connectivity index (χ3v) is 4.66. The summed E-state index contributed by atoms with van der Waals surface area (Å²) >= 11 is 1.30. The highest BCUT2D eigenvalue weighted by atomic mass is 32.2. The van der Waals surface area contributed by atoms with Gasteiger partial charge in [0.2, 0.25) is 0 Å². The summed E-state index contributed by atoms with van der Waals surface area (Å²) in [6.07, 6.45) is -4.44. The molecule has 1 N–H and O–H groups in total. The molecule has 0 aromatic heterocycles. The second-order valence-corrected chi connectivity index (χ2v) is 6.87. The molecule has 2 rings (SSSR count). The maximum atomic E-state index is 12.5. The number of halogens is 3. The van der Waals surface area contributed by atoms with E-state index in [0.717, 1.165) is 40.3 Å². The maximum Gasteiger partial charge on any atom is 0.416 e. The SMILES string of the molecule is Cc1ccc(SCC(=O)OCC(=O)Nc2ccc(C(F)(F)F)cc2)cc1C. The molecule has 0 bridgehead atoms. The van der Waals surface area contributed by atoms with Crippen LogP contribution in [-0.4, -0.2) is 24.2 Å². The molecule has 0 aliphatic rings. The number of alkyl halides is 3. The second-order valence-electron chi connectivity index (χ2n) is 5.82. The van der Waals surface area contributed by atoms with E-state index in [-0.39, 0.29) is 11.4 Å². The van der Waals surface area contributed by atoms with E-state index in [2.05, 4.69) is 5.32 Å². The highest BCUT2D eigenvalue weighted by Crippen LogP contribution is 2.29. The maximum absolute atomic E-state index is 12.5. The van der Waals surface area contributed by atoms with Crippen molar-refractivity contribution < 1.29 is 27.5 Å². The topological polar surface area (TPSA) is 55.4 Å². The zero-order valence-corrected chi connectivity index (χ0v) is 15.5. The van der Waals surface area contributed by atoms with Crippen molar-refractivity contribution in [2.75, 3.05) is 17.7 Å². The van der Waals surface area contributed by atoms with Gasteiger partial charge in [-0.15, -0.1) is 11.8 Å². The summed E-state index contributed by atoms with van der Waals surface area (Å²) in [7, 11) is 0. The molecule has 0 unspecified atom stereocenters. The van der Waals surface area contributed by atoms with E-state index in [1.807, 2.05) is 32.0 Å². The Hall–Kier alpha value is -2.48. The molecule has 0 saturated heterocycles. The minimum Gasteiger partial charge on any atom is -0.455 e. The molecular formula is C19H18F3NO3S. The molecule has 0 atom stereocenters. The lowest BCUT2D eigenvalue weighted by Gasteiger charge is -2.09. The van der Waals surface area contributed by atoms with Crippen LogP contribution in [0.5, 0.6) is 0 Å². The Morgan fingerprint density at radius 1 is 1.04 bits per heavy atom. The van der Waals surface area contributed by atoms with Gasteiger partial charge >= 0.3 is 12.1 Å². The molecular weight excluding hydrogens is 379 g/mol. The second kappa shape index (κ2) is 8.94. The summed E-state index contributed by atoms with van der Waals surface area (Å²) in [5.41, 5.74) is 1.65. The van der Waals surface area contributed by atoms with E-state index >= 15 is 0 Å². The highest BCUT2D eigenvalue weighted by molar-refractivity contribution is 8.00. The monoisotopic (exact) mass is 397 g/mol. The number of amides is 1. The van der Waals surface area contributed by atoms with Crippen LogP contribution in [-0.2, 0) is 20.5 Å². The zero-order chi connectivity index (χ0) is 20.0. The number of thioether (sulfide) groups is 1. The molecule has 8 heteroatoms. The van der Waals surface area contributed by atoms with Crippen LogP contribution in [0.25, 0.3) is 0 Å². The predicted octanol–water partition coefficient (Wildman–Crippen LogP) is 4.60. The number of aryl methyl sites for hydroxylation is 2. The van der Waals surface area contributed by atoms with E-state index in [1.165, 1.54) is 11.8 Å². The average Bonchev–Trinajstić information content (AvgIpc) is 2.60. The number of carbonyl (C=O) groups is 2. The summed E-state index contributed by atoms with van der Waals surface area (Å²) in [5.74, 6) is -1.13. The molecule has 2 aromatic carbocycles. The highest BCUT2D eigenvalue weighted by Gasteiger charge is 2.29. The Bertz CT molecular complexity index is 820. The van der Waals surface area contributed by atoms with Gasteiger partial charge in [0.1, 0.15) is 0 Å². The van der Waals surface area contributed by atoms with Gasteiger partial charge in [-0.25, -0.2) is 0 Å². The molecule has 0 saturated carbocycles. The van der Waals surface area contributed by atoms with Crippen LogP contribution in [0.3, 0.4) is 0 Å². The van der Waals surface area contributed by atoms with Crippen molar-refractivity contribution in [3.63, 3.8) is 0 Å². The number of benzene rings is 2. The molecule has 0 fully saturated rings. The molecule has 144 valence electrons. The molecule has 0 heterocycles. The van der Waals surface area contributed by atoms with Crippen LogP contribution in [0, 0.1) is 13.8 Å². The van der Waals surface area contributed by atoms with Gasteiger partial charge in [0.25, 0.3) is 5.91 Å². The van der Waals surface area contributed by atoms with Crippen LogP contribution in [0.4, 0.5) is 18.9 Å². The number of esters is 1. The number of nitrogens with one attached hydrogen (secondary N) is 1. The third kappa shape index (κ3) is 6.63. The van der Waals surface area contributed by atoms with Crippen molar-refractivity contribution in [3.05, 3.63) is 59.2 Å². The standard InChI is InChI=1S/C19H18F3NO3S/c1-12-3-8-16(9-13(12)2)27-11-18(25)26-10-17(24)23-15-6-4-14(5-7-15)19(20,21)22/h3-9H,10-11H2,1-2H3,(H,23,24). The number of rotatable bonds is 6. The first-order valence-corrected chi connectivity index (χ1v) is 8.96. The van der Waals surface area contributed by atoms with Crippen LogP contribution in [0.1, 0.15) is 16.7 Å². The minimum absolute atomic E-state index is 0.0516. The number of hydrogen-bond donors (Lipinski definition) is 1. The normalized spacial score (nSPS) is 11.1. The van der Waals surface area contributed by atoms with E-state index in [1.54, 1.807) is 0 Å². The molecule has 27 heavy (non-hydrogen) atoms. The third-order valence-electron chi connectivity index (χ3n) is 3.70. The van der Waals surface area contributed by atoms with Crippen LogP contribution in [0.15, 0.2) is 47.4 Å². The molecule has 0 spiro atoms.